The smallest absolute Gasteiger partial charge is 0.250 e. The van der Waals surface area contributed by atoms with Gasteiger partial charge in [-0.15, -0.1) is 0 Å². The number of pyridine rings is 1. The highest BCUT2D eigenvalue weighted by atomic mass is 16.5. The van der Waals surface area contributed by atoms with E-state index in [0.717, 1.165) is 11.3 Å². The molecule has 6 heteroatoms. The number of ether oxygens (including phenoxy) is 1. The maximum atomic E-state index is 12.0. The quantitative estimate of drug-likeness (QED) is 0.843. The summed E-state index contributed by atoms with van der Waals surface area (Å²) in [5.74, 6) is -0.172. The fourth-order valence-corrected chi connectivity index (χ4v) is 2.81. The Bertz CT molecular complexity index is 586. The lowest BCUT2D eigenvalue weighted by Crippen LogP contribution is -2.29. The molecule has 1 aromatic rings. The second kappa shape index (κ2) is 6.87. The van der Waals surface area contributed by atoms with Crippen LogP contribution in [0.1, 0.15) is 33.7 Å². The van der Waals surface area contributed by atoms with Crippen LogP contribution in [-0.4, -0.2) is 48.5 Å². The lowest BCUT2D eigenvalue weighted by Gasteiger charge is -2.16. The van der Waals surface area contributed by atoms with Gasteiger partial charge < -0.3 is 15.4 Å². The number of amides is 2. The van der Waals surface area contributed by atoms with Crippen LogP contribution in [0.3, 0.4) is 0 Å². The Balaban J connectivity index is 2.13. The summed E-state index contributed by atoms with van der Waals surface area (Å²) in [5, 5.41) is 0. The molecule has 1 atom stereocenters. The molecule has 0 bridgehead atoms. The molecule has 1 fully saturated rings. The van der Waals surface area contributed by atoms with Crippen molar-refractivity contribution in [2.45, 2.75) is 26.7 Å². The molecule has 0 aliphatic carbocycles. The molecule has 2 amide bonds. The molecule has 2 heterocycles. The largest absolute Gasteiger partial charge is 0.383 e. The Kier molecular flexibility index (Phi) is 5.13. The van der Waals surface area contributed by atoms with Gasteiger partial charge in [-0.05, 0) is 37.8 Å². The van der Waals surface area contributed by atoms with Crippen molar-refractivity contribution in [3.8, 4) is 0 Å². The Morgan fingerprint density at radius 2 is 2.23 bits per heavy atom. The zero-order chi connectivity index (χ0) is 16.3. The predicted molar refractivity (Wildman–Crippen MR) is 82.5 cm³/mol. The molecule has 1 aliphatic heterocycles. The number of nitrogens with two attached hydrogens (primary N) is 1. The van der Waals surface area contributed by atoms with Gasteiger partial charge in [0.15, 0.2) is 0 Å². The van der Waals surface area contributed by atoms with Gasteiger partial charge in [-0.25, -0.2) is 0 Å². The molecule has 2 N–H and O–H groups in total. The summed E-state index contributed by atoms with van der Waals surface area (Å²) in [6.45, 7) is 5.63. The van der Waals surface area contributed by atoms with E-state index < -0.39 is 5.91 Å². The molecule has 2 rings (SSSR count). The van der Waals surface area contributed by atoms with Crippen LogP contribution in [-0.2, 0) is 16.0 Å². The lowest BCUT2D eigenvalue weighted by molar-refractivity contribution is -0.128. The van der Waals surface area contributed by atoms with Gasteiger partial charge in [0.2, 0.25) is 5.91 Å². The molecule has 120 valence electrons. The molecule has 0 radical (unpaired) electrons. The average molecular weight is 305 g/mol. The molecule has 22 heavy (non-hydrogen) atoms. The number of rotatable bonds is 6. The number of nitrogens with zero attached hydrogens (tertiary/aromatic N) is 2. The van der Waals surface area contributed by atoms with Crippen molar-refractivity contribution in [1.82, 2.24) is 9.88 Å². The summed E-state index contributed by atoms with van der Waals surface area (Å²) in [4.78, 5) is 29.9. The topological polar surface area (TPSA) is 85.5 Å². The number of aromatic nitrogens is 1. The monoisotopic (exact) mass is 305 g/mol. The Morgan fingerprint density at radius 3 is 2.86 bits per heavy atom. The van der Waals surface area contributed by atoms with Gasteiger partial charge in [-0.3, -0.25) is 14.6 Å². The number of carbonyl (C=O) groups is 2. The second-order valence-corrected chi connectivity index (χ2v) is 5.86. The van der Waals surface area contributed by atoms with Crippen LogP contribution >= 0.6 is 0 Å². The number of likely N-dealkylation sites (tertiary alicyclic amines) is 1. The van der Waals surface area contributed by atoms with Gasteiger partial charge in [-0.1, -0.05) is 0 Å². The first-order valence-corrected chi connectivity index (χ1v) is 7.46. The third kappa shape index (κ3) is 3.62. The lowest BCUT2D eigenvalue weighted by atomic mass is 9.97. The fourth-order valence-electron chi connectivity index (χ4n) is 2.81. The molecule has 0 aromatic carbocycles. The summed E-state index contributed by atoms with van der Waals surface area (Å²) < 4.78 is 5.02. The third-order valence-corrected chi connectivity index (χ3v) is 4.15. The number of hydrogen-bond acceptors (Lipinski definition) is 4. The van der Waals surface area contributed by atoms with E-state index in [9.17, 15) is 9.59 Å². The number of carbonyl (C=O) groups excluding carboxylic acids is 2. The first-order chi connectivity index (χ1) is 10.4. The molecular formula is C16H23N3O3. The average Bonchev–Trinajstić information content (AvgIpc) is 2.80. The first-order valence-electron chi connectivity index (χ1n) is 7.46. The second-order valence-electron chi connectivity index (χ2n) is 5.86. The molecule has 0 saturated carbocycles. The van der Waals surface area contributed by atoms with Gasteiger partial charge in [0.05, 0.1) is 17.9 Å². The van der Waals surface area contributed by atoms with Crippen molar-refractivity contribution in [2.24, 2.45) is 11.7 Å². The van der Waals surface area contributed by atoms with Crippen LogP contribution in [0.25, 0.3) is 0 Å². The summed E-state index contributed by atoms with van der Waals surface area (Å²) in [6.07, 6.45) is 1.07. The Hall–Kier alpha value is -1.95. The van der Waals surface area contributed by atoms with Crippen LogP contribution in [0.2, 0.25) is 0 Å². The SMILES string of the molecule is COCCN1C[C@H](Cc2nc(C)c(C)cc2C(N)=O)CC1=O. The van der Waals surface area contributed by atoms with E-state index in [2.05, 4.69) is 4.98 Å². The van der Waals surface area contributed by atoms with Crippen molar-refractivity contribution in [3.63, 3.8) is 0 Å². The molecule has 1 aromatic heterocycles. The van der Waals surface area contributed by atoms with Gasteiger partial charge in [0.1, 0.15) is 0 Å². The fraction of sp³-hybridized carbons (Fsp3) is 0.562. The number of aryl methyl sites for hydroxylation is 2. The highest BCUT2D eigenvalue weighted by molar-refractivity contribution is 5.94. The van der Waals surface area contributed by atoms with Gasteiger partial charge in [-0.2, -0.15) is 0 Å². The van der Waals surface area contributed by atoms with Crippen molar-refractivity contribution in [2.75, 3.05) is 26.8 Å². The first kappa shape index (κ1) is 16.4. The molecule has 0 spiro atoms. The van der Waals surface area contributed by atoms with Crippen LogP contribution in [0.5, 0.6) is 0 Å². The van der Waals surface area contributed by atoms with Crippen LogP contribution in [0.4, 0.5) is 0 Å². The Labute approximate surface area is 130 Å². The minimum absolute atomic E-state index is 0.131. The highest BCUT2D eigenvalue weighted by Crippen LogP contribution is 2.23. The number of methoxy groups -OCH3 is 1. The van der Waals surface area contributed by atoms with E-state index in [1.807, 2.05) is 13.8 Å². The van der Waals surface area contributed by atoms with Crippen molar-refractivity contribution >= 4 is 11.8 Å². The van der Waals surface area contributed by atoms with Crippen LogP contribution < -0.4 is 5.73 Å². The number of hydrogen-bond donors (Lipinski definition) is 1. The maximum absolute atomic E-state index is 12.0. The van der Waals surface area contributed by atoms with E-state index in [1.165, 1.54) is 0 Å². The maximum Gasteiger partial charge on any atom is 0.250 e. The van der Waals surface area contributed by atoms with Crippen molar-refractivity contribution in [1.29, 1.82) is 0 Å². The highest BCUT2D eigenvalue weighted by Gasteiger charge is 2.30. The summed E-state index contributed by atoms with van der Waals surface area (Å²) in [5.41, 5.74) is 8.45. The van der Waals surface area contributed by atoms with Crippen LogP contribution in [0, 0.1) is 19.8 Å². The van der Waals surface area contributed by atoms with E-state index >= 15 is 0 Å². The van der Waals surface area contributed by atoms with Gasteiger partial charge >= 0.3 is 0 Å². The zero-order valence-corrected chi connectivity index (χ0v) is 13.4. The standard InChI is InChI=1S/C16H23N3O3/c1-10-6-13(16(17)21)14(18-11(10)2)7-12-8-15(20)19(9-12)4-5-22-3/h6,12H,4-5,7-9H2,1-3H3,(H2,17,21)/t12-/m1/s1. The van der Waals surface area contributed by atoms with Crippen molar-refractivity contribution in [3.05, 3.63) is 28.6 Å². The third-order valence-electron chi connectivity index (χ3n) is 4.15. The van der Waals surface area contributed by atoms with Gasteiger partial charge in [0.25, 0.3) is 5.91 Å². The van der Waals surface area contributed by atoms with Crippen molar-refractivity contribution < 1.29 is 14.3 Å². The van der Waals surface area contributed by atoms with E-state index in [0.29, 0.717) is 43.8 Å². The van der Waals surface area contributed by atoms with E-state index in [4.69, 9.17) is 10.5 Å². The number of primary amides is 1. The van der Waals surface area contributed by atoms with E-state index in [1.54, 1.807) is 18.1 Å². The van der Waals surface area contributed by atoms with E-state index in [-0.39, 0.29) is 11.8 Å². The summed E-state index contributed by atoms with van der Waals surface area (Å²) in [6, 6.07) is 1.79. The molecule has 1 saturated heterocycles. The Morgan fingerprint density at radius 1 is 1.50 bits per heavy atom. The van der Waals surface area contributed by atoms with Crippen LogP contribution in [0.15, 0.2) is 6.07 Å². The van der Waals surface area contributed by atoms with Gasteiger partial charge in [0, 0.05) is 32.3 Å². The predicted octanol–water partition coefficient (Wildman–Crippen LogP) is 0.835. The summed E-state index contributed by atoms with van der Waals surface area (Å²) in [7, 11) is 1.62. The molecule has 6 nitrogen and oxygen atoms in total. The zero-order valence-electron chi connectivity index (χ0n) is 13.4. The molecule has 0 unspecified atom stereocenters. The normalized spacial score (nSPS) is 18.0. The molecule has 1 aliphatic rings. The summed E-state index contributed by atoms with van der Waals surface area (Å²) >= 11 is 0. The minimum Gasteiger partial charge on any atom is -0.383 e. The minimum atomic E-state index is -0.467. The molecular weight excluding hydrogens is 282 g/mol.